The first-order valence-electron chi connectivity index (χ1n) is 5.99. The van der Waals surface area contributed by atoms with E-state index in [-0.39, 0.29) is 5.56 Å². The number of carbonyl (C=O) groups is 1. The Bertz CT molecular complexity index is 396. The lowest BCUT2D eigenvalue weighted by Crippen LogP contribution is -2.09. The van der Waals surface area contributed by atoms with E-state index in [1.165, 1.54) is 6.07 Å². The summed E-state index contributed by atoms with van der Waals surface area (Å²) in [6.45, 7) is 4.15. The van der Waals surface area contributed by atoms with Gasteiger partial charge in [-0.2, -0.15) is 0 Å². The fourth-order valence-electron chi connectivity index (χ4n) is 1.49. The SMILES string of the molecule is CCCOCCCNc1cc(Cl)ccc1C(=O)O. The van der Waals surface area contributed by atoms with Crippen LogP contribution in [0.25, 0.3) is 0 Å². The molecular formula is C13H18ClNO3. The molecule has 0 radical (unpaired) electrons. The maximum atomic E-state index is 11.0. The van der Waals surface area contributed by atoms with E-state index in [0.717, 1.165) is 19.4 Å². The van der Waals surface area contributed by atoms with Gasteiger partial charge in [-0.25, -0.2) is 4.79 Å². The molecule has 0 bridgehead atoms. The highest BCUT2D eigenvalue weighted by atomic mass is 35.5. The van der Waals surface area contributed by atoms with E-state index in [1.807, 2.05) is 0 Å². The lowest BCUT2D eigenvalue weighted by molar-refractivity contribution is 0.0698. The van der Waals surface area contributed by atoms with Crippen LogP contribution in [-0.2, 0) is 4.74 Å². The summed E-state index contributed by atoms with van der Waals surface area (Å²) in [5, 5.41) is 12.6. The highest BCUT2D eigenvalue weighted by Crippen LogP contribution is 2.21. The van der Waals surface area contributed by atoms with Crippen molar-refractivity contribution in [2.24, 2.45) is 0 Å². The minimum Gasteiger partial charge on any atom is -0.478 e. The molecule has 5 heteroatoms. The van der Waals surface area contributed by atoms with Crippen molar-refractivity contribution in [2.45, 2.75) is 19.8 Å². The highest BCUT2D eigenvalue weighted by molar-refractivity contribution is 6.31. The number of carboxylic acids is 1. The number of aromatic carboxylic acids is 1. The highest BCUT2D eigenvalue weighted by Gasteiger charge is 2.09. The van der Waals surface area contributed by atoms with Crippen molar-refractivity contribution in [3.05, 3.63) is 28.8 Å². The first kappa shape index (κ1) is 14.8. The Hall–Kier alpha value is -1.26. The van der Waals surface area contributed by atoms with Gasteiger partial charge in [0.25, 0.3) is 0 Å². The Morgan fingerprint density at radius 3 is 2.89 bits per heavy atom. The second-order valence-corrected chi connectivity index (χ2v) is 4.32. The van der Waals surface area contributed by atoms with Crippen molar-refractivity contribution in [3.63, 3.8) is 0 Å². The van der Waals surface area contributed by atoms with E-state index < -0.39 is 5.97 Å². The molecule has 0 aliphatic carbocycles. The van der Waals surface area contributed by atoms with E-state index in [9.17, 15) is 4.79 Å². The fraction of sp³-hybridized carbons (Fsp3) is 0.462. The van der Waals surface area contributed by atoms with Gasteiger partial charge in [0.15, 0.2) is 0 Å². The number of hydrogen-bond donors (Lipinski definition) is 2. The van der Waals surface area contributed by atoms with Crippen LogP contribution in [0.1, 0.15) is 30.1 Å². The molecule has 4 nitrogen and oxygen atoms in total. The maximum Gasteiger partial charge on any atom is 0.337 e. The van der Waals surface area contributed by atoms with E-state index in [1.54, 1.807) is 12.1 Å². The molecular weight excluding hydrogens is 254 g/mol. The normalized spacial score (nSPS) is 10.3. The number of rotatable bonds is 8. The molecule has 0 saturated carbocycles. The molecule has 0 aliphatic rings. The van der Waals surface area contributed by atoms with Crippen LogP contribution in [0.3, 0.4) is 0 Å². The predicted molar refractivity (Wildman–Crippen MR) is 72.6 cm³/mol. The van der Waals surface area contributed by atoms with E-state index in [4.69, 9.17) is 21.4 Å². The summed E-state index contributed by atoms with van der Waals surface area (Å²) >= 11 is 5.85. The quantitative estimate of drug-likeness (QED) is 0.713. The zero-order valence-corrected chi connectivity index (χ0v) is 11.2. The van der Waals surface area contributed by atoms with E-state index in [0.29, 0.717) is 23.9 Å². The van der Waals surface area contributed by atoms with Crippen molar-refractivity contribution in [2.75, 3.05) is 25.1 Å². The standard InChI is InChI=1S/C13H18ClNO3/c1-2-7-18-8-3-6-15-12-9-10(14)4-5-11(12)13(16)17/h4-5,9,15H,2-3,6-8H2,1H3,(H,16,17). The van der Waals surface area contributed by atoms with E-state index >= 15 is 0 Å². The van der Waals surface area contributed by atoms with Crippen molar-refractivity contribution in [1.82, 2.24) is 0 Å². The monoisotopic (exact) mass is 271 g/mol. The summed E-state index contributed by atoms with van der Waals surface area (Å²) in [7, 11) is 0. The van der Waals surface area contributed by atoms with Crippen molar-refractivity contribution >= 4 is 23.3 Å². The lowest BCUT2D eigenvalue weighted by atomic mass is 10.2. The topological polar surface area (TPSA) is 58.6 Å². The number of nitrogens with one attached hydrogen (secondary N) is 1. The minimum absolute atomic E-state index is 0.230. The van der Waals surface area contributed by atoms with Gasteiger partial charge in [0.05, 0.1) is 11.3 Å². The largest absolute Gasteiger partial charge is 0.478 e. The minimum atomic E-state index is -0.962. The number of ether oxygens (including phenoxy) is 1. The Balaban J connectivity index is 2.45. The molecule has 18 heavy (non-hydrogen) atoms. The molecule has 0 fully saturated rings. The predicted octanol–water partition coefficient (Wildman–Crippen LogP) is 3.27. The molecule has 2 N–H and O–H groups in total. The van der Waals surface area contributed by atoms with Crippen molar-refractivity contribution in [3.8, 4) is 0 Å². The van der Waals surface area contributed by atoms with E-state index in [2.05, 4.69) is 12.2 Å². The molecule has 1 rings (SSSR count). The van der Waals surface area contributed by atoms with Gasteiger partial charge in [-0.3, -0.25) is 0 Å². The number of anilines is 1. The number of carboxylic acid groups (broad SMARTS) is 1. The Labute approximate surface area is 112 Å². The van der Waals surface area contributed by atoms with Crippen LogP contribution < -0.4 is 5.32 Å². The average molecular weight is 272 g/mol. The molecule has 0 heterocycles. The molecule has 0 aliphatic heterocycles. The molecule has 0 atom stereocenters. The third kappa shape index (κ3) is 4.94. The zero-order valence-electron chi connectivity index (χ0n) is 10.4. The van der Waals surface area contributed by atoms with Gasteiger partial charge in [0.2, 0.25) is 0 Å². The molecule has 1 aromatic carbocycles. The van der Waals surface area contributed by atoms with Crippen LogP contribution in [-0.4, -0.2) is 30.8 Å². The molecule has 1 aromatic rings. The fourth-order valence-corrected chi connectivity index (χ4v) is 1.67. The summed E-state index contributed by atoms with van der Waals surface area (Å²) in [5.41, 5.74) is 0.777. The second kappa shape index (κ2) is 7.95. The van der Waals surface area contributed by atoms with Gasteiger partial charge in [-0.05, 0) is 31.0 Å². The zero-order chi connectivity index (χ0) is 13.4. The summed E-state index contributed by atoms with van der Waals surface area (Å²) < 4.78 is 5.34. The summed E-state index contributed by atoms with van der Waals surface area (Å²) in [6.07, 6.45) is 1.83. The molecule has 0 unspecified atom stereocenters. The second-order valence-electron chi connectivity index (χ2n) is 3.89. The molecule has 0 amide bonds. The van der Waals surface area contributed by atoms with Gasteiger partial charge in [-0.1, -0.05) is 18.5 Å². The number of halogens is 1. The smallest absolute Gasteiger partial charge is 0.337 e. The van der Waals surface area contributed by atoms with Crippen LogP contribution in [0.15, 0.2) is 18.2 Å². The summed E-state index contributed by atoms with van der Waals surface area (Å²) in [4.78, 5) is 11.0. The van der Waals surface area contributed by atoms with Gasteiger partial charge in [0, 0.05) is 24.8 Å². The number of benzene rings is 1. The van der Waals surface area contributed by atoms with Gasteiger partial charge in [0.1, 0.15) is 0 Å². The first-order chi connectivity index (χ1) is 8.65. The van der Waals surface area contributed by atoms with Crippen molar-refractivity contribution < 1.29 is 14.6 Å². The Kier molecular flexibility index (Phi) is 6.54. The lowest BCUT2D eigenvalue weighted by Gasteiger charge is -2.10. The molecule has 100 valence electrons. The number of hydrogen-bond acceptors (Lipinski definition) is 3. The van der Waals surface area contributed by atoms with Crippen molar-refractivity contribution in [1.29, 1.82) is 0 Å². The average Bonchev–Trinajstić information content (AvgIpc) is 2.33. The third-order valence-electron chi connectivity index (χ3n) is 2.34. The first-order valence-corrected chi connectivity index (χ1v) is 6.37. The summed E-state index contributed by atoms with van der Waals surface area (Å²) in [5.74, 6) is -0.962. The molecule has 0 spiro atoms. The van der Waals surface area contributed by atoms with Crippen LogP contribution in [0.2, 0.25) is 5.02 Å². The van der Waals surface area contributed by atoms with Crippen LogP contribution in [0.5, 0.6) is 0 Å². The Morgan fingerprint density at radius 2 is 2.22 bits per heavy atom. The van der Waals surface area contributed by atoms with Gasteiger partial charge in [-0.15, -0.1) is 0 Å². The van der Waals surface area contributed by atoms with Crippen LogP contribution >= 0.6 is 11.6 Å². The molecule has 0 aromatic heterocycles. The Morgan fingerprint density at radius 1 is 1.44 bits per heavy atom. The maximum absolute atomic E-state index is 11.0. The van der Waals surface area contributed by atoms with Crippen LogP contribution in [0.4, 0.5) is 5.69 Å². The van der Waals surface area contributed by atoms with Gasteiger partial charge < -0.3 is 15.2 Å². The summed E-state index contributed by atoms with van der Waals surface area (Å²) in [6, 6.07) is 4.69. The van der Waals surface area contributed by atoms with Gasteiger partial charge >= 0.3 is 5.97 Å². The third-order valence-corrected chi connectivity index (χ3v) is 2.58. The van der Waals surface area contributed by atoms with Crippen LogP contribution in [0, 0.1) is 0 Å². The molecule has 0 saturated heterocycles.